The number of nitriles is 1. The minimum Gasteiger partial charge on any atom is -0.465 e. The molecule has 0 bridgehead atoms. The first-order chi connectivity index (χ1) is 7.67. The lowest BCUT2D eigenvalue weighted by molar-refractivity contribution is 0.0599. The Bertz CT molecular complexity index is 449. The van der Waals surface area contributed by atoms with Crippen molar-refractivity contribution in [1.29, 1.82) is 5.26 Å². The second kappa shape index (κ2) is 5.66. The van der Waals surface area contributed by atoms with E-state index in [9.17, 15) is 4.79 Å². The molecule has 84 valence electrons. The maximum Gasteiger partial charge on any atom is 0.338 e. The van der Waals surface area contributed by atoms with Gasteiger partial charge in [-0.1, -0.05) is 28.9 Å². The highest BCUT2D eigenvalue weighted by Gasteiger charge is 2.14. The third-order valence-electron chi connectivity index (χ3n) is 2.38. The van der Waals surface area contributed by atoms with Gasteiger partial charge in [0.1, 0.15) is 0 Å². The van der Waals surface area contributed by atoms with Crippen LogP contribution in [-0.2, 0) is 16.5 Å². The van der Waals surface area contributed by atoms with E-state index in [0.717, 1.165) is 17.5 Å². The Morgan fingerprint density at radius 2 is 2.19 bits per heavy atom. The summed E-state index contributed by atoms with van der Waals surface area (Å²) in [6.45, 7) is 1.96. The summed E-state index contributed by atoms with van der Waals surface area (Å²) in [7, 11) is 1.34. The second-order valence-corrected chi connectivity index (χ2v) is 3.82. The van der Waals surface area contributed by atoms with Gasteiger partial charge >= 0.3 is 5.97 Å². The fraction of sp³-hybridized carbons (Fsp3) is 0.333. The van der Waals surface area contributed by atoms with Crippen LogP contribution in [0.3, 0.4) is 0 Å². The number of methoxy groups -OCH3 is 1. The monoisotopic (exact) mass is 281 g/mol. The van der Waals surface area contributed by atoms with Crippen LogP contribution < -0.4 is 0 Å². The first-order valence-electron chi connectivity index (χ1n) is 4.88. The van der Waals surface area contributed by atoms with Crippen molar-refractivity contribution >= 4 is 21.9 Å². The van der Waals surface area contributed by atoms with Crippen LogP contribution in [-0.4, -0.2) is 13.1 Å². The summed E-state index contributed by atoms with van der Waals surface area (Å²) in [4.78, 5) is 11.5. The molecule has 0 atom stereocenters. The summed E-state index contributed by atoms with van der Waals surface area (Å²) in [5.41, 5.74) is 2.79. The van der Waals surface area contributed by atoms with Crippen molar-refractivity contribution in [3.8, 4) is 6.07 Å². The normalized spacial score (nSPS) is 9.62. The zero-order valence-corrected chi connectivity index (χ0v) is 10.8. The van der Waals surface area contributed by atoms with Crippen LogP contribution in [0.4, 0.5) is 0 Å². The summed E-state index contributed by atoms with van der Waals surface area (Å²) < 4.78 is 4.69. The molecule has 0 heterocycles. The molecule has 4 heteroatoms. The van der Waals surface area contributed by atoms with E-state index in [1.165, 1.54) is 7.11 Å². The van der Waals surface area contributed by atoms with Crippen LogP contribution in [0, 0.1) is 11.3 Å². The molecule has 0 radical (unpaired) electrons. The van der Waals surface area contributed by atoms with Gasteiger partial charge in [0.2, 0.25) is 0 Å². The third-order valence-corrected chi connectivity index (χ3v) is 2.98. The number of aryl methyl sites for hydroxylation is 1. The standard InChI is InChI=1S/C12H12BrNO2/c1-3-8-4-9(6-13)10(7-14)5-11(8)12(15)16-2/h4-5H,3,6H2,1-2H3. The molecule has 1 aromatic carbocycles. The fourth-order valence-electron chi connectivity index (χ4n) is 1.50. The van der Waals surface area contributed by atoms with E-state index in [1.807, 2.05) is 13.0 Å². The Kier molecular flexibility index (Phi) is 4.51. The van der Waals surface area contributed by atoms with Gasteiger partial charge in [-0.05, 0) is 23.6 Å². The van der Waals surface area contributed by atoms with Crippen molar-refractivity contribution in [3.05, 3.63) is 34.4 Å². The van der Waals surface area contributed by atoms with E-state index in [2.05, 4.69) is 22.0 Å². The maximum atomic E-state index is 11.5. The van der Waals surface area contributed by atoms with Crippen molar-refractivity contribution in [2.45, 2.75) is 18.7 Å². The number of ether oxygens (including phenoxy) is 1. The maximum absolute atomic E-state index is 11.5. The largest absolute Gasteiger partial charge is 0.465 e. The van der Waals surface area contributed by atoms with E-state index < -0.39 is 5.97 Å². The number of benzene rings is 1. The van der Waals surface area contributed by atoms with Crippen molar-refractivity contribution in [3.63, 3.8) is 0 Å². The molecule has 3 nitrogen and oxygen atoms in total. The zero-order valence-electron chi connectivity index (χ0n) is 9.21. The van der Waals surface area contributed by atoms with Gasteiger partial charge in [0.25, 0.3) is 0 Å². The molecule has 0 saturated carbocycles. The molecule has 16 heavy (non-hydrogen) atoms. The Hall–Kier alpha value is -1.34. The highest BCUT2D eigenvalue weighted by atomic mass is 79.9. The van der Waals surface area contributed by atoms with Crippen LogP contribution in [0.5, 0.6) is 0 Å². The van der Waals surface area contributed by atoms with Gasteiger partial charge in [-0.15, -0.1) is 0 Å². The van der Waals surface area contributed by atoms with Gasteiger partial charge in [-0.2, -0.15) is 5.26 Å². The molecular weight excluding hydrogens is 270 g/mol. The Morgan fingerprint density at radius 1 is 1.50 bits per heavy atom. The Labute approximate surface area is 103 Å². The topological polar surface area (TPSA) is 50.1 Å². The molecule has 0 saturated heterocycles. The number of alkyl halides is 1. The minimum atomic E-state index is -0.394. The van der Waals surface area contributed by atoms with Crippen LogP contribution in [0.25, 0.3) is 0 Å². The van der Waals surface area contributed by atoms with Gasteiger partial charge in [0.15, 0.2) is 0 Å². The molecular formula is C12H12BrNO2. The van der Waals surface area contributed by atoms with E-state index in [-0.39, 0.29) is 0 Å². The summed E-state index contributed by atoms with van der Waals surface area (Å²) >= 11 is 3.32. The number of hydrogen-bond acceptors (Lipinski definition) is 3. The smallest absolute Gasteiger partial charge is 0.338 e. The molecule has 0 fully saturated rings. The van der Waals surface area contributed by atoms with Crippen LogP contribution in [0.1, 0.15) is 34.0 Å². The highest BCUT2D eigenvalue weighted by molar-refractivity contribution is 9.08. The SMILES string of the molecule is CCc1cc(CBr)c(C#N)cc1C(=O)OC. The second-order valence-electron chi connectivity index (χ2n) is 3.26. The number of carbonyl (C=O) groups is 1. The van der Waals surface area contributed by atoms with Gasteiger partial charge < -0.3 is 4.74 Å². The number of halogens is 1. The summed E-state index contributed by atoms with van der Waals surface area (Å²) in [6.07, 6.45) is 0.732. The van der Waals surface area contributed by atoms with Crippen LogP contribution in [0.15, 0.2) is 12.1 Å². The number of esters is 1. The van der Waals surface area contributed by atoms with Crippen LogP contribution in [0.2, 0.25) is 0 Å². The van der Waals surface area contributed by atoms with Gasteiger partial charge in [0, 0.05) is 5.33 Å². The predicted octanol–water partition coefficient (Wildman–Crippen LogP) is 2.80. The van der Waals surface area contributed by atoms with Gasteiger partial charge in [0.05, 0.1) is 24.3 Å². The molecule has 1 aromatic rings. The van der Waals surface area contributed by atoms with Gasteiger partial charge in [-0.25, -0.2) is 4.79 Å². The van der Waals surface area contributed by atoms with Crippen molar-refractivity contribution in [2.75, 3.05) is 7.11 Å². The fourth-order valence-corrected chi connectivity index (χ4v) is 1.97. The van der Waals surface area contributed by atoms with Crippen LogP contribution >= 0.6 is 15.9 Å². The van der Waals surface area contributed by atoms with Crippen molar-refractivity contribution < 1.29 is 9.53 Å². The van der Waals surface area contributed by atoms with Crippen molar-refractivity contribution in [2.24, 2.45) is 0 Å². The predicted molar refractivity (Wildman–Crippen MR) is 64.5 cm³/mol. The molecule has 0 amide bonds. The number of carbonyl (C=O) groups excluding carboxylic acids is 1. The Morgan fingerprint density at radius 3 is 2.62 bits per heavy atom. The van der Waals surface area contributed by atoms with E-state index in [1.54, 1.807) is 6.07 Å². The van der Waals surface area contributed by atoms with E-state index >= 15 is 0 Å². The molecule has 0 aliphatic carbocycles. The van der Waals surface area contributed by atoms with E-state index in [0.29, 0.717) is 16.5 Å². The first-order valence-corrected chi connectivity index (χ1v) is 6.00. The molecule has 0 spiro atoms. The first kappa shape index (κ1) is 12.7. The lowest BCUT2D eigenvalue weighted by Gasteiger charge is -2.09. The molecule has 0 unspecified atom stereocenters. The Balaban J connectivity index is 3.38. The summed E-state index contributed by atoms with van der Waals surface area (Å²) in [5, 5.41) is 9.57. The highest BCUT2D eigenvalue weighted by Crippen LogP contribution is 2.20. The molecule has 0 N–H and O–H groups in total. The zero-order chi connectivity index (χ0) is 12.1. The molecule has 0 aliphatic rings. The average Bonchev–Trinajstić information content (AvgIpc) is 2.35. The molecule has 0 aliphatic heterocycles. The number of nitrogens with zero attached hydrogens (tertiary/aromatic N) is 1. The minimum absolute atomic E-state index is 0.394. The number of hydrogen-bond donors (Lipinski definition) is 0. The quantitative estimate of drug-likeness (QED) is 0.632. The van der Waals surface area contributed by atoms with Gasteiger partial charge in [-0.3, -0.25) is 0 Å². The lowest BCUT2D eigenvalue weighted by Crippen LogP contribution is -2.07. The lowest BCUT2D eigenvalue weighted by atomic mass is 9.98. The van der Waals surface area contributed by atoms with Crippen molar-refractivity contribution in [1.82, 2.24) is 0 Å². The average molecular weight is 282 g/mol. The summed E-state index contributed by atoms with van der Waals surface area (Å²) in [5.74, 6) is -0.394. The third kappa shape index (κ3) is 2.42. The molecule has 0 aromatic heterocycles. The number of rotatable bonds is 3. The molecule has 1 rings (SSSR count). The summed E-state index contributed by atoms with van der Waals surface area (Å²) in [6, 6.07) is 5.55. The van der Waals surface area contributed by atoms with E-state index in [4.69, 9.17) is 10.00 Å².